The van der Waals surface area contributed by atoms with Gasteiger partial charge in [0.25, 0.3) is 0 Å². The van der Waals surface area contributed by atoms with E-state index in [4.69, 9.17) is 16.3 Å². The Hall–Kier alpha value is -1.48. The van der Waals surface area contributed by atoms with Crippen molar-refractivity contribution in [3.8, 4) is 5.75 Å². The van der Waals surface area contributed by atoms with E-state index in [0.717, 1.165) is 56.6 Å². The molecule has 3 aliphatic rings. The molecule has 30 heavy (non-hydrogen) atoms. The molecule has 7 nitrogen and oxygen atoms in total. The van der Waals surface area contributed by atoms with Crippen molar-refractivity contribution in [3.05, 3.63) is 28.8 Å². The number of nitrogens with one attached hydrogen (secondary N) is 2. The van der Waals surface area contributed by atoms with Crippen molar-refractivity contribution < 1.29 is 14.3 Å². The minimum atomic E-state index is -0.282. The average Bonchev–Trinajstić information content (AvgIpc) is 3.61. The second kappa shape index (κ2) is 9.34. The fourth-order valence-electron chi connectivity index (χ4n) is 3.72. The Morgan fingerprint density at radius 1 is 1.23 bits per heavy atom. The van der Waals surface area contributed by atoms with Gasteiger partial charge in [-0.05, 0) is 68.2 Å². The highest BCUT2D eigenvalue weighted by Crippen LogP contribution is 2.47. The SMILES string of the molecule is O=C1CN(CCCCCN(S)NC2(c3cc(Cl)cc(OCC4CC4)c3)CC2)C(=O)N1. The smallest absolute Gasteiger partial charge is 0.324 e. The van der Waals surface area contributed by atoms with Gasteiger partial charge in [-0.2, -0.15) is 4.41 Å². The summed E-state index contributed by atoms with van der Waals surface area (Å²) in [7, 11) is 0. The third-order valence-electron chi connectivity index (χ3n) is 5.87. The highest BCUT2D eigenvalue weighted by Gasteiger charge is 2.45. The summed E-state index contributed by atoms with van der Waals surface area (Å²) in [6.07, 6.45) is 7.35. The van der Waals surface area contributed by atoms with Crippen molar-refractivity contribution in [1.82, 2.24) is 20.1 Å². The van der Waals surface area contributed by atoms with Gasteiger partial charge in [0.1, 0.15) is 12.3 Å². The van der Waals surface area contributed by atoms with Crippen LogP contribution in [0.25, 0.3) is 0 Å². The lowest BCUT2D eigenvalue weighted by molar-refractivity contribution is -0.118. The van der Waals surface area contributed by atoms with Gasteiger partial charge in [0.2, 0.25) is 5.91 Å². The maximum atomic E-state index is 11.5. The standard InChI is InChI=1S/C21H29ClN4O3S/c22-17-10-16(11-18(12-17)29-14-15-4-5-15)21(6-7-21)24-26(30)9-3-1-2-8-25-13-19(27)23-20(25)28/h10-12,15,24,30H,1-9,13-14H2,(H,23,27,28). The first-order valence-corrected chi connectivity index (χ1v) is 11.5. The van der Waals surface area contributed by atoms with E-state index >= 15 is 0 Å². The number of amides is 3. The predicted molar refractivity (Wildman–Crippen MR) is 118 cm³/mol. The molecule has 1 aromatic carbocycles. The Bertz CT molecular complexity index is 800. The topological polar surface area (TPSA) is 73.9 Å². The maximum Gasteiger partial charge on any atom is 0.324 e. The van der Waals surface area contributed by atoms with Gasteiger partial charge in [-0.1, -0.05) is 30.8 Å². The maximum absolute atomic E-state index is 11.5. The van der Waals surface area contributed by atoms with Gasteiger partial charge in [-0.3, -0.25) is 10.1 Å². The van der Waals surface area contributed by atoms with Crippen molar-refractivity contribution in [3.63, 3.8) is 0 Å². The number of imide groups is 1. The second-order valence-corrected chi connectivity index (χ2v) is 9.50. The van der Waals surface area contributed by atoms with Crippen LogP contribution < -0.4 is 15.5 Å². The molecule has 164 valence electrons. The number of rotatable bonds is 12. The molecule has 4 rings (SSSR count). The summed E-state index contributed by atoms with van der Waals surface area (Å²) in [5.74, 6) is 1.32. The van der Waals surface area contributed by atoms with Crippen LogP contribution in [0.5, 0.6) is 5.75 Å². The number of nitrogens with zero attached hydrogens (tertiary/aromatic N) is 2. The van der Waals surface area contributed by atoms with E-state index in [0.29, 0.717) is 17.5 Å². The Kier molecular flexibility index (Phi) is 6.77. The van der Waals surface area contributed by atoms with E-state index in [-0.39, 0.29) is 24.0 Å². The molecule has 1 aliphatic heterocycles. The fraction of sp³-hybridized carbons (Fsp3) is 0.619. The average molecular weight is 453 g/mol. The molecule has 2 aliphatic carbocycles. The van der Waals surface area contributed by atoms with Gasteiger partial charge in [0, 0.05) is 18.1 Å². The molecule has 1 saturated heterocycles. The van der Waals surface area contributed by atoms with Gasteiger partial charge in [-0.15, -0.1) is 0 Å². The van der Waals surface area contributed by atoms with Crippen molar-refractivity contribution in [2.45, 2.75) is 50.5 Å². The summed E-state index contributed by atoms with van der Waals surface area (Å²) in [4.78, 5) is 24.3. The van der Waals surface area contributed by atoms with E-state index in [1.807, 2.05) is 16.5 Å². The lowest BCUT2D eigenvalue weighted by Crippen LogP contribution is -2.39. The zero-order valence-electron chi connectivity index (χ0n) is 17.0. The van der Waals surface area contributed by atoms with Crippen LogP contribution in [0.4, 0.5) is 4.79 Å². The Labute approximate surface area is 188 Å². The zero-order chi connectivity index (χ0) is 21.1. The summed E-state index contributed by atoms with van der Waals surface area (Å²) in [6.45, 7) is 2.33. The van der Waals surface area contributed by atoms with Crippen molar-refractivity contribution in [2.24, 2.45) is 5.92 Å². The summed E-state index contributed by atoms with van der Waals surface area (Å²) >= 11 is 10.9. The number of urea groups is 1. The molecule has 3 fully saturated rings. The Morgan fingerprint density at radius 2 is 2.03 bits per heavy atom. The lowest BCUT2D eigenvalue weighted by Gasteiger charge is -2.25. The van der Waals surface area contributed by atoms with E-state index in [2.05, 4.69) is 29.6 Å². The number of unbranched alkanes of at least 4 members (excludes halogenated alkanes) is 2. The molecule has 3 amide bonds. The molecule has 2 saturated carbocycles. The monoisotopic (exact) mass is 452 g/mol. The number of carbonyl (C=O) groups is 2. The number of carbonyl (C=O) groups excluding carboxylic acids is 2. The molecule has 9 heteroatoms. The first-order chi connectivity index (χ1) is 14.4. The summed E-state index contributed by atoms with van der Waals surface area (Å²) in [5.41, 5.74) is 4.54. The molecule has 0 spiro atoms. The van der Waals surface area contributed by atoms with Crippen LogP contribution in [0.2, 0.25) is 5.02 Å². The number of ether oxygens (including phenoxy) is 1. The van der Waals surface area contributed by atoms with E-state index in [9.17, 15) is 9.59 Å². The van der Waals surface area contributed by atoms with Gasteiger partial charge in [-0.25, -0.2) is 10.2 Å². The summed E-state index contributed by atoms with van der Waals surface area (Å²) in [6, 6.07) is 5.71. The summed E-state index contributed by atoms with van der Waals surface area (Å²) < 4.78 is 7.78. The fourth-order valence-corrected chi connectivity index (χ4v) is 4.28. The molecule has 0 atom stereocenters. The quantitative estimate of drug-likeness (QED) is 0.196. The second-order valence-electron chi connectivity index (χ2n) is 8.58. The van der Waals surface area contributed by atoms with Gasteiger partial charge >= 0.3 is 6.03 Å². The first kappa shape index (κ1) is 21.7. The van der Waals surface area contributed by atoms with E-state index in [1.54, 1.807) is 4.90 Å². The van der Waals surface area contributed by atoms with Crippen LogP contribution >= 0.6 is 24.4 Å². The van der Waals surface area contributed by atoms with Crippen molar-refractivity contribution >= 4 is 36.4 Å². The third-order valence-corrected chi connectivity index (χ3v) is 6.38. The highest BCUT2D eigenvalue weighted by molar-refractivity contribution is 7.77. The largest absolute Gasteiger partial charge is 0.493 e. The van der Waals surface area contributed by atoms with Crippen LogP contribution in [0.1, 0.15) is 50.5 Å². The Morgan fingerprint density at radius 3 is 2.70 bits per heavy atom. The van der Waals surface area contributed by atoms with Crippen molar-refractivity contribution in [2.75, 3.05) is 26.2 Å². The predicted octanol–water partition coefficient (Wildman–Crippen LogP) is 3.49. The minimum absolute atomic E-state index is 0.127. The molecule has 0 aromatic heterocycles. The van der Waals surface area contributed by atoms with Gasteiger partial charge < -0.3 is 9.64 Å². The van der Waals surface area contributed by atoms with Crippen LogP contribution in [0, 0.1) is 5.92 Å². The number of hydrogen-bond acceptors (Lipinski definition) is 6. The van der Waals surface area contributed by atoms with Gasteiger partial charge in [0.05, 0.1) is 12.1 Å². The van der Waals surface area contributed by atoms with Crippen LogP contribution in [-0.2, 0) is 10.3 Å². The number of halogens is 1. The first-order valence-electron chi connectivity index (χ1n) is 10.7. The molecular weight excluding hydrogens is 424 g/mol. The zero-order valence-corrected chi connectivity index (χ0v) is 18.7. The number of benzene rings is 1. The molecule has 0 radical (unpaired) electrons. The van der Waals surface area contributed by atoms with Gasteiger partial charge in [0.15, 0.2) is 0 Å². The molecule has 0 bridgehead atoms. The number of hydrogen-bond donors (Lipinski definition) is 3. The molecular formula is C21H29ClN4O3S. The summed E-state index contributed by atoms with van der Waals surface area (Å²) in [5, 5.41) is 2.99. The normalized spacial score (nSPS) is 20.0. The molecule has 2 N–H and O–H groups in total. The van der Waals surface area contributed by atoms with Crippen LogP contribution in [0.3, 0.4) is 0 Å². The van der Waals surface area contributed by atoms with Crippen LogP contribution in [-0.4, -0.2) is 47.5 Å². The van der Waals surface area contributed by atoms with Crippen LogP contribution in [0.15, 0.2) is 18.2 Å². The third kappa shape index (κ3) is 5.81. The molecule has 1 aromatic rings. The van der Waals surface area contributed by atoms with E-state index < -0.39 is 0 Å². The lowest BCUT2D eigenvalue weighted by atomic mass is 10.1. The van der Waals surface area contributed by atoms with Crippen molar-refractivity contribution in [1.29, 1.82) is 0 Å². The number of hydrazine groups is 1. The minimum Gasteiger partial charge on any atom is -0.493 e. The highest BCUT2D eigenvalue weighted by atomic mass is 35.5. The Balaban J connectivity index is 1.20. The number of thiol groups is 1. The molecule has 0 unspecified atom stereocenters. The van der Waals surface area contributed by atoms with E-state index in [1.165, 1.54) is 12.8 Å². The molecule has 1 heterocycles.